The first-order valence-corrected chi connectivity index (χ1v) is 6.80. The third kappa shape index (κ3) is 2.52. The number of hydrogen-bond donors (Lipinski definition) is 2. The third-order valence-corrected chi connectivity index (χ3v) is 3.76. The van der Waals surface area contributed by atoms with Crippen LogP contribution in [0, 0.1) is 0 Å². The number of anilines is 1. The molecule has 0 fully saturated rings. The van der Waals surface area contributed by atoms with Gasteiger partial charge in [-0.2, -0.15) is 5.10 Å². The Bertz CT molecular complexity index is 620. The number of nitrogens with one attached hydrogen (secondary N) is 2. The maximum absolute atomic E-state index is 12.0. The average molecular weight is 270 g/mol. The Kier molecular flexibility index (Phi) is 3.41. The summed E-state index contributed by atoms with van der Waals surface area (Å²) in [4.78, 5) is 12.0. The van der Waals surface area contributed by atoms with Gasteiger partial charge in [-0.3, -0.25) is 9.48 Å². The van der Waals surface area contributed by atoms with Gasteiger partial charge in [-0.15, -0.1) is 0 Å². The molecule has 1 aromatic heterocycles. The van der Waals surface area contributed by atoms with E-state index in [-0.39, 0.29) is 11.8 Å². The molecule has 1 unspecified atom stereocenters. The Hall–Kier alpha value is -2.30. The molecule has 1 aromatic carbocycles. The number of para-hydroxylation sites is 1. The molecule has 104 valence electrons. The van der Waals surface area contributed by atoms with Gasteiger partial charge in [0.05, 0.1) is 12.2 Å². The zero-order valence-corrected chi connectivity index (χ0v) is 11.5. The number of aromatic nitrogens is 2. The van der Waals surface area contributed by atoms with E-state index >= 15 is 0 Å². The van der Waals surface area contributed by atoms with Gasteiger partial charge >= 0.3 is 0 Å². The predicted molar refractivity (Wildman–Crippen MR) is 77.3 cm³/mol. The van der Waals surface area contributed by atoms with E-state index in [1.807, 2.05) is 25.2 Å². The number of carbonyl (C=O) groups is 1. The van der Waals surface area contributed by atoms with Crippen molar-refractivity contribution in [2.45, 2.75) is 18.9 Å². The molecule has 2 aromatic rings. The lowest BCUT2D eigenvalue weighted by Crippen LogP contribution is -2.26. The highest BCUT2D eigenvalue weighted by molar-refractivity contribution is 5.78. The summed E-state index contributed by atoms with van der Waals surface area (Å²) in [6.45, 7) is 1.36. The van der Waals surface area contributed by atoms with Crippen LogP contribution in [0.1, 0.15) is 23.6 Å². The Morgan fingerprint density at radius 3 is 3.10 bits per heavy atom. The Labute approximate surface area is 118 Å². The fourth-order valence-electron chi connectivity index (χ4n) is 2.60. The van der Waals surface area contributed by atoms with E-state index in [1.165, 1.54) is 5.56 Å². The minimum Gasteiger partial charge on any atom is -0.384 e. The van der Waals surface area contributed by atoms with E-state index in [1.54, 1.807) is 10.9 Å². The van der Waals surface area contributed by atoms with Gasteiger partial charge in [0.25, 0.3) is 0 Å². The quantitative estimate of drug-likeness (QED) is 0.888. The lowest BCUT2D eigenvalue weighted by molar-refractivity contribution is -0.121. The van der Waals surface area contributed by atoms with Crippen LogP contribution >= 0.6 is 0 Å². The monoisotopic (exact) mass is 270 g/mol. The normalized spacial score (nSPS) is 16.6. The van der Waals surface area contributed by atoms with Crippen LogP contribution in [-0.2, 0) is 18.4 Å². The number of aryl methyl sites for hydroxylation is 1. The summed E-state index contributed by atoms with van der Waals surface area (Å²) in [7, 11) is 1.87. The highest BCUT2D eigenvalue weighted by Gasteiger charge is 2.23. The molecule has 0 saturated heterocycles. The van der Waals surface area contributed by atoms with Crippen molar-refractivity contribution in [3.63, 3.8) is 0 Å². The van der Waals surface area contributed by atoms with Crippen LogP contribution in [0.3, 0.4) is 0 Å². The number of fused-ring (bicyclic) bond motifs is 1. The maximum Gasteiger partial charge on any atom is 0.221 e. The first-order chi connectivity index (χ1) is 9.74. The van der Waals surface area contributed by atoms with Crippen molar-refractivity contribution in [3.8, 4) is 0 Å². The molecule has 0 spiro atoms. The maximum atomic E-state index is 12.0. The predicted octanol–water partition coefficient (Wildman–Crippen LogP) is 1.64. The summed E-state index contributed by atoms with van der Waals surface area (Å²) < 4.78 is 1.77. The standard InChI is InChI=1S/C15H18N4O/c1-19-12(6-7-18-19)10-17-15(20)8-11-9-16-14-5-3-2-4-13(11)14/h2-7,11,16H,8-10H2,1H3,(H,17,20). The van der Waals surface area contributed by atoms with Crippen molar-refractivity contribution in [2.24, 2.45) is 7.05 Å². The molecule has 5 nitrogen and oxygen atoms in total. The number of benzene rings is 1. The molecule has 5 heteroatoms. The summed E-state index contributed by atoms with van der Waals surface area (Å²) in [5.74, 6) is 0.340. The first kappa shape index (κ1) is 12.7. The largest absolute Gasteiger partial charge is 0.384 e. The molecule has 1 aliphatic heterocycles. The fraction of sp³-hybridized carbons (Fsp3) is 0.333. The van der Waals surface area contributed by atoms with Gasteiger partial charge in [-0.1, -0.05) is 18.2 Å². The van der Waals surface area contributed by atoms with Gasteiger partial charge in [0.1, 0.15) is 0 Å². The van der Waals surface area contributed by atoms with E-state index in [9.17, 15) is 4.79 Å². The summed E-state index contributed by atoms with van der Waals surface area (Å²) in [5.41, 5.74) is 3.39. The lowest BCUT2D eigenvalue weighted by atomic mass is 9.97. The molecule has 0 bridgehead atoms. The van der Waals surface area contributed by atoms with Gasteiger partial charge in [0.15, 0.2) is 0 Å². The molecule has 0 aliphatic carbocycles. The summed E-state index contributed by atoms with van der Waals surface area (Å²) in [5, 5.41) is 10.4. The number of carbonyl (C=O) groups excluding carboxylic acids is 1. The van der Waals surface area contributed by atoms with Crippen LogP contribution in [0.2, 0.25) is 0 Å². The Balaban J connectivity index is 1.57. The van der Waals surface area contributed by atoms with Crippen molar-refractivity contribution in [2.75, 3.05) is 11.9 Å². The summed E-state index contributed by atoms with van der Waals surface area (Å²) in [6, 6.07) is 10.1. The first-order valence-electron chi connectivity index (χ1n) is 6.80. The van der Waals surface area contributed by atoms with Crippen LogP contribution in [0.5, 0.6) is 0 Å². The van der Waals surface area contributed by atoms with Crippen molar-refractivity contribution in [1.29, 1.82) is 0 Å². The van der Waals surface area contributed by atoms with E-state index in [2.05, 4.69) is 27.9 Å². The molecule has 1 atom stereocenters. The second-order valence-electron chi connectivity index (χ2n) is 5.09. The third-order valence-electron chi connectivity index (χ3n) is 3.76. The minimum atomic E-state index is 0.0784. The van der Waals surface area contributed by atoms with Crippen molar-refractivity contribution in [3.05, 3.63) is 47.8 Å². The van der Waals surface area contributed by atoms with Crippen LogP contribution in [0.25, 0.3) is 0 Å². The summed E-state index contributed by atoms with van der Waals surface area (Å²) >= 11 is 0. The zero-order chi connectivity index (χ0) is 13.9. The van der Waals surface area contributed by atoms with E-state index in [4.69, 9.17) is 0 Å². The molecular formula is C15H18N4O. The molecule has 20 heavy (non-hydrogen) atoms. The number of rotatable bonds is 4. The van der Waals surface area contributed by atoms with Gasteiger partial charge < -0.3 is 10.6 Å². The van der Waals surface area contributed by atoms with Crippen LogP contribution in [-0.4, -0.2) is 22.2 Å². The molecular weight excluding hydrogens is 252 g/mol. The second kappa shape index (κ2) is 5.36. The van der Waals surface area contributed by atoms with Gasteiger partial charge in [0.2, 0.25) is 5.91 Å². The van der Waals surface area contributed by atoms with E-state index in [0.29, 0.717) is 13.0 Å². The lowest BCUT2D eigenvalue weighted by Gasteiger charge is -2.10. The molecule has 2 N–H and O–H groups in total. The number of hydrogen-bond acceptors (Lipinski definition) is 3. The minimum absolute atomic E-state index is 0.0784. The van der Waals surface area contributed by atoms with Crippen LogP contribution < -0.4 is 10.6 Å². The summed E-state index contributed by atoms with van der Waals surface area (Å²) in [6.07, 6.45) is 2.25. The fourth-order valence-corrected chi connectivity index (χ4v) is 2.60. The molecule has 2 heterocycles. The molecule has 1 amide bonds. The molecule has 1 aliphatic rings. The van der Waals surface area contributed by atoms with Gasteiger partial charge in [-0.25, -0.2) is 0 Å². The average Bonchev–Trinajstić information content (AvgIpc) is 3.04. The van der Waals surface area contributed by atoms with Crippen LogP contribution in [0.15, 0.2) is 36.5 Å². The highest BCUT2D eigenvalue weighted by Crippen LogP contribution is 2.32. The topological polar surface area (TPSA) is 59.0 Å². The SMILES string of the molecule is Cn1nccc1CNC(=O)CC1CNc2ccccc21. The molecule has 0 radical (unpaired) electrons. The molecule has 0 saturated carbocycles. The molecule has 3 rings (SSSR count). The Morgan fingerprint density at radius 1 is 1.45 bits per heavy atom. The van der Waals surface area contributed by atoms with Gasteiger partial charge in [0, 0.05) is 37.8 Å². The van der Waals surface area contributed by atoms with E-state index in [0.717, 1.165) is 17.9 Å². The number of nitrogens with zero attached hydrogens (tertiary/aromatic N) is 2. The highest BCUT2D eigenvalue weighted by atomic mass is 16.1. The smallest absolute Gasteiger partial charge is 0.221 e. The van der Waals surface area contributed by atoms with Crippen molar-refractivity contribution >= 4 is 11.6 Å². The van der Waals surface area contributed by atoms with Gasteiger partial charge in [-0.05, 0) is 17.7 Å². The van der Waals surface area contributed by atoms with Crippen molar-refractivity contribution < 1.29 is 4.79 Å². The van der Waals surface area contributed by atoms with Crippen molar-refractivity contribution in [1.82, 2.24) is 15.1 Å². The number of amides is 1. The zero-order valence-electron chi connectivity index (χ0n) is 11.5. The Morgan fingerprint density at radius 2 is 2.30 bits per heavy atom. The second-order valence-corrected chi connectivity index (χ2v) is 5.09. The van der Waals surface area contributed by atoms with Crippen LogP contribution in [0.4, 0.5) is 5.69 Å². The van der Waals surface area contributed by atoms with E-state index < -0.39 is 0 Å².